The van der Waals surface area contributed by atoms with E-state index in [-0.39, 0.29) is 30.7 Å². The normalized spacial score (nSPS) is 21.4. The Morgan fingerprint density at radius 1 is 1.56 bits per heavy atom. The predicted octanol–water partition coefficient (Wildman–Crippen LogP) is 1.12. The lowest BCUT2D eigenvalue weighted by atomic mass is 10.1. The quantitative estimate of drug-likeness (QED) is 0.847. The molecule has 0 unspecified atom stereocenters. The summed E-state index contributed by atoms with van der Waals surface area (Å²) in [5.74, 6) is -0.606. The van der Waals surface area contributed by atoms with Crippen LogP contribution in [0, 0.1) is 5.92 Å². The Bertz CT molecular complexity index is 447. The smallest absolute Gasteiger partial charge is 0.305 e. The van der Waals surface area contributed by atoms with E-state index in [1.807, 2.05) is 12.1 Å². The van der Waals surface area contributed by atoms with Crippen molar-refractivity contribution >= 4 is 11.9 Å². The number of nitrogens with zero attached hydrogens (tertiary/aromatic N) is 2. The van der Waals surface area contributed by atoms with Gasteiger partial charge in [0.2, 0.25) is 5.91 Å². The van der Waals surface area contributed by atoms with E-state index in [0.717, 1.165) is 12.0 Å². The molecule has 1 aromatic rings. The van der Waals surface area contributed by atoms with Crippen molar-refractivity contribution in [3.05, 3.63) is 30.1 Å². The molecule has 0 aromatic carbocycles. The molecule has 0 bridgehead atoms. The third kappa shape index (κ3) is 2.85. The highest BCUT2D eigenvalue weighted by Gasteiger charge is 2.45. The summed E-state index contributed by atoms with van der Waals surface area (Å²) < 4.78 is 0. The van der Waals surface area contributed by atoms with E-state index in [0.29, 0.717) is 0 Å². The first-order valence-electron chi connectivity index (χ1n) is 5.96. The maximum Gasteiger partial charge on any atom is 0.305 e. The van der Waals surface area contributed by atoms with Crippen LogP contribution in [0.25, 0.3) is 0 Å². The number of carboxylic acids is 1. The van der Waals surface area contributed by atoms with Crippen LogP contribution < -0.4 is 0 Å². The van der Waals surface area contributed by atoms with Gasteiger partial charge in [-0.1, -0.05) is 6.07 Å². The van der Waals surface area contributed by atoms with Gasteiger partial charge >= 0.3 is 5.97 Å². The second-order valence-corrected chi connectivity index (χ2v) is 4.64. The largest absolute Gasteiger partial charge is 0.481 e. The summed E-state index contributed by atoms with van der Waals surface area (Å²) >= 11 is 0. The molecular weight excluding hydrogens is 232 g/mol. The average Bonchev–Trinajstić information content (AvgIpc) is 3.16. The van der Waals surface area contributed by atoms with E-state index < -0.39 is 5.97 Å². The van der Waals surface area contributed by atoms with Crippen LogP contribution in [0.15, 0.2) is 24.5 Å². The molecule has 5 heteroatoms. The van der Waals surface area contributed by atoms with Crippen molar-refractivity contribution in [2.75, 3.05) is 13.6 Å². The maximum absolute atomic E-state index is 12.0. The first-order chi connectivity index (χ1) is 8.59. The molecule has 1 fully saturated rings. The SMILES string of the molecule is CN(CCC(=O)O)C(=O)[C@H]1C[C@H]1c1cccnc1. The second-order valence-electron chi connectivity index (χ2n) is 4.64. The van der Waals surface area contributed by atoms with E-state index >= 15 is 0 Å². The van der Waals surface area contributed by atoms with Gasteiger partial charge in [0.25, 0.3) is 0 Å². The molecule has 2 rings (SSSR count). The maximum atomic E-state index is 12.0. The number of hydrogen-bond donors (Lipinski definition) is 1. The molecule has 0 radical (unpaired) electrons. The third-order valence-corrected chi connectivity index (χ3v) is 3.26. The minimum atomic E-state index is -0.880. The second kappa shape index (κ2) is 5.16. The molecule has 1 aliphatic carbocycles. The van der Waals surface area contributed by atoms with Gasteiger partial charge in [0.15, 0.2) is 0 Å². The molecule has 0 saturated heterocycles. The first-order valence-corrected chi connectivity index (χ1v) is 5.96. The minimum absolute atomic E-state index is 0.00649. The Morgan fingerprint density at radius 2 is 2.33 bits per heavy atom. The van der Waals surface area contributed by atoms with Crippen molar-refractivity contribution in [2.45, 2.75) is 18.8 Å². The lowest BCUT2D eigenvalue weighted by molar-refractivity contribution is -0.138. The molecule has 96 valence electrons. The van der Waals surface area contributed by atoms with Gasteiger partial charge in [-0.15, -0.1) is 0 Å². The van der Waals surface area contributed by atoms with Gasteiger partial charge in [0.1, 0.15) is 0 Å². The predicted molar refractivity (Wildman–Crippen MR) is 65.0 cm³/mol. The van der Waals surface area contributed by atoms with E-state index in [4.69, 9.17) is 5.11 Å². The van der Waals surface area contributed by atoms with Gasteiger partial charge in [-0.3, -0.25) is 14.6 Å². The molecule has 1 saturated carbocycles. The van der Waals surface area contributed by atoms with Gasteiger partial charge in [-0.05, 0) is 24.0 Å². The van der Waals surface area contributed by atoms with Crippen LogP contribution in [-0.4, -0.2) is 40.5 Å². The van der Waals surface area contributed by atoms with Crippen molar-refractivity contribution in [3.8, 4) is 0 Å². The number of pyridine rings is 1. The van der Waals surface area contributed by atoms with Crippen molar-refractivity contribution in [2.24, 2.45) is 5.92 Å². The topological polar surface area (TPSA) is 70.5 Å². The van der Waals surface area contributed by atoms with Crippen molar-refractivity contribution in [1.29, 1.82) is 0 Å². The summed E-state index contributed by atoms with van der Waals surface area (Å²) in [4.78, 5) is 28.0. The molecule has 0 aliphatic heterocycles. The average molecular weight is 248 g/mol. The van der Waals surface area contributed by atoms with E-state index in [9.17, 15) is 9.59 Å². The summed E-state index contributed by atoms with van der Waals surface area (Å²) in [6, 6.07) is 3.84. The molecule has 1 amide bonds. The Hall–Kier alpha value is -1.91. The van der Waals surface area contributed by atoms with Crippen LogP contribution >= 0.6 is 0 Å². The summed E-state index contributed by atoms with van der Waals surface area (Å²) in [7, 11) is 1.66. The van der Waals surface area contributed by atoms with Gasteiger partial charge in [-0.25, -0.2) is 0 Å². The zero-order chi connectivity index (χ0) is 13.1. The van der Waals surface area contributed by atoms with Crippen molar-refractivity contribution < 1.29 is 14.7 Å². The van der Waals surface area contributed by atoms with Gasteiger partial charge in [-0.2, -0.15) is 0 Å². The molecule has 2 atom stereocenters. The van der Waals surface area contributed by atoms with Crippen molar-refractivity contribution in [1.82, 2.24) is 9.88 Å². The van der Waals surface area contributed by atoms with Crippen LogP contribution in [0.3, 0.4) is 0 Å². The highest BCUT2D eigenvalue weighted by molar-refractivity contribution is 5.83. The number of carbonyl (C=O) groups is 2. The number of carbonyl (C=O) groups excluding carboxylic acids is 1. The number of carboxylic acid groups (broad SMARTS) is 1. The molecule has 0 spiro atoms. The Labute approximate surface area is 105 Å². The number of aliphatic carboxylic acids is 1. The highest BCUT2D eigenvalue weighted by atomic mass is 16.4. The summed E-state index contributed by atoms with van der Waals surface area (Å²) in [6.07, 6.45) is 4.32. The van der Waals surface area contributed by atoms with E-state index in [1.54, 1.807) is 19.4 Å². The number of rotatable bonds is 5. The van der Waals surface area contributed by atoms with Crippen LogP contribution in [0.5, 0.6) is 0 Å². The lowest BCUT2D eigenvalue weighted by Crippen LogP contribution is -2.30. The van der Waals surface area contributed by atoms with E-state index in [1.165, 1.54) is 4.90 Å². The monoisotopic (exact) mass is 248 g/mol. The van der Waals surface area contributed by atoms with Gasteiger partial charge in [0.05, 0.1) is 6.42 Å². The lowest BCUT2D eigenvalue weighted by Gasteiger charge is -2.15. The van der Waals surface area contributed by atoms with Gasteiger partial charge < -0.3 is 10.0 Å². The molecule has 1 aliphatic rings. The first kappa shape index (κ1) is 12.5. The fourth-order valence-electron chi connectivity index (χ4n) is 2.09. The molecule has 1 N–H and O–H groups in total. The fraction of sp³-hybridized carbons (Fsp3) is 0.462. The van der Waals surface area contributed by atoms with Crippen molar-refractivity contribution in [3.63, 3.8) is 0 Å². The summed E-state index contributed by atoms with van der Waals surface area (Å²) in [6.45, 7) is 0.268. The Morgan fingerprint density at radius 3 is 2.94 bits per heavy atom. The van der Waals surface area contributed by atoms with Crippen LogP contribution in [-0.2, 0) is 9.59 Å². The zero-order valence-electron chi connectivity index (χ0n) is 10.2. The molecule has 5 nitrogen and oxygen atoms in total. The molecule has 18 heavy (non-hydrogen) atoms. The number of amides is 1. The molecular formula is C13H16N2O3. The van der Waals surface area contributed by atoms with Crippen LogP contribution in [0.2, 0.25) is 0 Å². The molecule has 1 aromatic heterocycles. The molecule has 1 heterocycles. The third-order valence-electron chi connectivity index (χ3n) is 3.26. The summed E-state index contributed by atoms with van der Waals surface area (Å²) in [5, 5.41) is 8.58. The standard InChI is InChI=1S/C13H16N2O3/c1-15(6-4-12(16)17)13(18)11-7-10(11)9-3-2-5-14-8-9/h2-3,5,8,10-11H,4,6-7H2,1H3,(H,16,17)/t10-,11-/m0/s1. The highest BCUT2D eigenvalue weighted by Crippen LogP contribution is 2.48. The zero-order valence-corrected chi connectivity index (χ0v) is 10.2. The van der Waals surface area contributed by atoms with Crippen LogP contribution in [0.1, 0.15) is 24.3 Å². The Kier molecular flexibility index (Phi) is 3.60. The Balaban J connectivity index is 1.87. The summed E-state index contributed by atoms with van der Waals surface area (Å²) in [5.41, 5.74) is 1.09. The minimum Gasteiger partial charge on any atom is -0.481 e. The fourth-order valence-corrected chi connectivity index (χ4v) is 2.09. The number of aromatic nitrogens is 1. The van der Waals surface area contributed by atoms with E-state index in [2.05, 4.69) is 4.98 Å². The number of hydrogen-bond acceptors (Lipinski definition) is 3. The van der Waals surface area contributed by atoms with Gasteiger partial charge in [0, 0.05) is 31.9 Å². The van der Waals surface area contributed by atoms with Crippen LogP contribution in [0.4, 0.5) is 0 Å².